The molecule has 0 radical (unpaired) electrons. The summed E-state index contributed by atoms with van der Waals surface area (Å²) in [6.07, 6.45) is -13.3. The molecule has 9 rings (SSSR count). The fourth-order valence-electron chi connectivity index (χ4n) is 14.2. The average Bonchev–Trinajstić information content (AvgIpc) is 3.72. The highest BCUT2D eigenvalue weighted by molar-refractivity contribution is 5.26. The molecule has 1 spiro atoms. The maximum absolute atomic E-state index is 11.4. The molecule has 18 heteroatoms. The second-order valence-corrected chi connectivity index (χ2v) is 21.1. The Balaban J connectivity index is 0.810. The first-order chi connectivity index (χ1) is 29.9. The van der Waals surface area contributed by atoms with Crippen LogP contribution in [0.25, 0.3) is 0 Å². The van der Waals surface area contributed by atoms with Gasteiger partial charge in [0.25, 0.3) is 0 Å². The molecular weight excluding hydrogens is 828 g/mol. The van der Waals surface area contributed by atoms with Crippen LogP contribution in [0.5, 0.6) is 0 Å². The van der Waals surface area contributed by atoms with E-state index < -0.39 is 111 Å². The number of fused-ring (bicyclic) bond motifs is 7. The molecule has 0 amide bonds. The minimum atomic E-state index is -1.76. The third-order valence-corrected chi connectivity index (χ3v) is 17.8. The topological polar surface area (TPSA) is 276 Å². The summed E-state index contributed by atoms with van der Waals surface area (Å²) in [6, 6.07) is 0. The summed E-state index contributed by atoms with van der Waals surface area (Å²) >= 11 is 0. The van der Waals surface area contributed by atoms with Crippen LogP contribution in [0.15, 0.2) is 11.6 Å². The van der Waals surface area contributed by atoms with Gasteiger partial charge in [-0.1, -0.05) is 32.4 Å². The van der Waals surface area contributed by atoms with Gasteiger partial charge in [0, 0.05) is 18.4 Å². The van der Waals surface area contributed by atoms with Gasteiger partial charge in [-0.25, -0.2) is 0 Å². The Hall–Kier alpha value is -0.980. The van der Waals surface area contributed by atoms with Gasteiger partial charge in [-0.2, -0.15) is 0 Å². The van der Waals surface area contributed by atoms with Crippen LogP contribution in [0, 0.1) is 46.3 Å². The standard InChI is InChI=1S/C45H72O18/c1-18-30-27(63-45(18)29(48)12-21(15-46)17-56-45)14-26-24-7-6-22-13-23(8-10-43(22,4)25(24)9-11-44(26,30)5)59-42-37(55)34(52)39(28(16-47)60-42)62-41-36(54)33(51)38(20(3)58-41)61-40-35(53)32(50)31(49)19(2)57-40/h6,18-21,23-42,46-55H,7-17H2,1-5H3/t18-,19-,20-,21-,23-,24+,25-,26-,27-,28+,29-,30-,31-,32+,33-,34+,35+,36+,37+,38-,39+,40-,41-,42+,43-,44-,45-/m0/s1. The van der Waals surface area contributed by atoms with E-state index in [0.29, 0.717) is 43.6 Å². The van der Waals surface area contributed by atoms with Crippen molar-refractivity contribution in [3.8, 4) is 0 Å². The highest BCUT2D eigenvalue weighted by Gasteiger charge is 2.70. The van der Waals surface area contributed by atoms with Crippen LogP contribution in [0.2, 0.25) is 0 Å². The summed E-state index contributed by atoms with van der Waals surface area (Å²) in [6.45, 7) is 9.75. The van der Waals surface area contributed by atoms with Crippen LogP contribution in [0.1, 0.15) is 86.0 Å². The van der Waals surface area contributed by atoms with Crippen molar-refractivity contribution in [2.24, 2.45) is 46.3 Å². The van der Waals surface area contributed by atoms with Crippen molar-refractivity contribution in [3.63, 3.8) is 0 Å². The van der Waals surface area contributed by atoms with E-state index in [0.717, 1.165) is 32.1 Å². The van der Waals surface area contributed by atoms with E-state index in [2.05, 4.69) is 26.8 Å². The molecule has 5 aliphatic heterocycles. The lowest BCUT2D eigenvalue weighted by Crippen LogP contribution is -2.65. The van der Waals surface area contributed by atoms with Gasteiger partial charge >= 0.3 is 0 Å². The van der Waals surface area contributed by atoms with Crippen LogP contribution >= 0.6 is 0 Å². The smallest absolute Gasteiger partial charge is 0.197 e. The number of ether oxygens (including phenoxy) is 8. The zero-order chi connectivity index (χ0) is 45.1. The van der Waals surface area contributed by atoms with Gasteiger partial charge in [0.05, 0.1) is 37.6 Å². The molecule has 9 aliphatic rings. The van der Waals surface area contributed by atoms with E-state index >= 15 is 0 Å². The third-order valence-electron chi connectivity index (χ3n) is 17.8. The molecule has 0 unspecified atom stereocenters. The Morgan fingerprint density at radius 3 is 2.02 bits per heavy atom. The van der Waals surface area contributed by atoms with Crippen molar-refractivity contribution >= 4 is 0 Å². The number of rotatable bonds is 8. The lowest BCUT2D eigenvalue weighted by Gasteiger charge is -2.59. The Morgan fingerprint density at radius 1 is 0.683 bits per heavy atom. The molecule has 0 aromatic heterocycles. The quantitative estimate of drug-likeness (QED) is 0.133. The zero-order valence-electron chi connectivity index (χ0n) is 37.0. The van der Waals surface area contributed by atoms with E-state index in [-0.39, 0.29) is 47.4 Å². The van der Waals surface area contributed by atoms with Gasteiger partial charge < -0.3 is 89.0 Å². The second kappa shape index (κ2) is 17.5. The van der Waals surface area contributed by atoms with Gasteiger partial charge in [-0.15, -0.1) is 0 Å². The average molecular weight is 901 g/mol. The van der Waals surface area contributed by atoms with E-state index in [9.17, 15) is 51.1 Å². The summed E-state index contributed by atoms with van der Waals surface area (Å²) < 4.78 is 48.6. The van der Waals surface area contributed by atoms with Gasteiger partial charge in [-0.05, 0) is 99.7 Å². The largest absolute Gasteiger partial charge is 0.396 e. The molecule has 5 saturated heterocycles. The van der Waals surface area contributed by atoms with Crippen molar-refractivity contribution < 1.29 is 89.0 Å². The normalized spacial score (nSPS) is 58.1. The van der Waals surface area contributed by atoms with Crippen molar-refractivity contribution in [3.05, 3.63) is 11.6 Å². The van der Waals surface area contributed by atoms with Gasteiger partial charge in [0.2, 0.25) is 0 Å². The molecule has 8 fully saturated rings. The van der Waals surface area contributed by atoms with Gasteiger partial charge in [0.15, 0.2) is 24.7 Å². The molecule has 63 heavy (non-hydrogen) atoms. The van der Waals surface area contributed by atoms with Crippen molar-refractivity contribution in [2.75, 3.05) is 19.8 Å². The van der Waals surface area contributed by atoms with Crippen molar-refractivity contribution in [1.29, 1.82) is 0 Å². The number of hydrogen-bond acceptors (Lipinski definition) is 18. The summed E-state index contributed by atoms with van der Waals surface area (Å²) in [5.41, 5.74) is 1.35. The van der Waals surface area contributed by atoms with Crippen LogP contribution in [-0.2, 0) is 37.9 Å². The van der Waals surface area contributed by atoms with E-state index in [1.54, 1.807) is 0 Å². The highest BCUT2D eigenvalue weighted by atomic mass is 16.8. The summed E-state index contributed by atoms with van der Waals surface area (Å²) in [7, 11) is 0. The molecule has 360 valence electrons. The van der Waals surface area contributed by atoms with Gasteiger partial charge in [0.1, 0.15) is 67.1 Å². The summed E-state index contributed by atoms with van der Waals surface area (Å²) in [5.74, 6) is 0.642. The molecule has 3 saturated carbocycles. The maximum Gasteiger partial charge on any atom is 0.197 e. The Morgan fingerprint density at radius 2 is 1.33 bits per heavy atom. The molecule has 4 aliphatic carbocycles. The molecule has 27 atom stereocenters. The predicted octanol–water partition coefficient (Wildman–Crippen LogP) is -0.815. The van der Waals surface area contributed by atoms with Crippen LogP contribution in [-0.4, -0.2) is 187 Å². The Bertz CT molecular complexity index is 1650. The lowest BCUT2D eigenvalue weighted by atomic mass is 9.47. The fourth-order valence-corrected chi connectivity index (χ4v) is 14.2. The lowest BCUT2D eigenvalue weighted by molar-refractivity contribution is -0.376. The predicted molar refractivity (Wildman–Crippen MR) is 216 cm³/mol. The van der Waals surface area contributed by atoms with Crippen molar-refractivity contribution in [2.45, 2.75) is 202 Å². The van der Waals surface area contributed by atoms with Gasteiger partial charge in [-0.3, -0.25) is 0 Å². The number of allylic oxidation sites excluding steroid dienone is 1. The third kappa shape index (κ3) is 7.62. The minimum absolute atomic E-state index is 0.0125. The SMILES string of the molecule is C[C@@H]1O[C@@H](O[C@@H]2[C@@H](O)[C@@H](O)[C@H](O[C@H]3[C@H](O)[C@@H](O)[C@H](O[C@H]4CC[C@@]5(C)C(=CC[C@H]6[C@@H]7C[C@@H]8O[C@@]9(OC[C@H](CO)C[C@@H]9O)[C@@H](C)[C@@H]8[C@@]7(C)CC[C@@H]65)C4)O[C@@H]3CO)O[C@H]2C)[C@H](O)[C@H](O)[C@H]1O. The van der Waals surface area contributed by atoms with E-state index in [1.165, 1.54) is 19.4 Å². The first-order valence-corrected chi connectivity index (χ1v) is 23.5. The zero-order valence-corrected chi connectivity index (χ0v) is 37.0. The number of aliphatic hydroxyl groups is 10. The molecule has 10 N–H and O–H groups in total. The van der Waals surface area contributed by atoms with E-state index in [4.69, 9.17) is 37.9 Å². The molecule has 0 bridgehead atoms. The molecule has 0 aromatic rings. The monoisotopic (exact) mass is 900 g/mol. The number of aliphatic hydroxyl groups excluding tert-OH is 10. The van der Waals surface area contributed by atoms with Crippen LogP contribution in [0.4, 0.5) is 0 Å². The molecule has 5 heterocycles. The van der Waals surface area contributed by atoms with Crippen LogP contribution in [0.3, 0.4) is 0 Å². The minimum Gasteiger partial charge on any atom is -0.396 e. The second-order valence-electron chi connectivity index (χ2n) is 21.1. The summed E-state index contributed by atoms with van der Waals surface area (Å²) in [4.78, 5) is 0. The number of hydrogen-bond donors (Lipinski definition) is 10. The fraction of sp³-hybridized carbons (Fsp3) is 0.956. The first-order valence-electron chi connectivity index (χ1n) is 23.5. The Kier molecular flexibility index (Phi) is 13.1. The molecule has 0 aromatic carbocycles. The maximum atomic E-state index is 11.4. The molecular formula is C45H72O18. The highest BCUT2D eigenvalue weighted by Crippen LogP contribution is 2.70. The van der Waals surface area contributed by atoms with E-state index in [1.807, 2.05) is 0 Å². The van der Waals surface area contributed by atoms with Crippen molar-refractivity contribution in [1.82, 2.24) is 0 Å². The molecule has 18 nitrogen and oxygen atoms in total. The van der Waals surface area contributed by atoms with Crippen LogP contribution < -0.4 is 0 Å². The summed E-state index contributed by atoms with van der Waals surface area (Å²) in [5, 5.41) is 107. The first kappa shape index (κ1) is 47.1. The Labute approximate surface area is 368 Å².